The van der Waals surface area contributed by atoms with Crippen LogP contribution >= 0.6 is 0 Å². The van der Waals surface area contributed by atoms with Crippen molar-refractivity contribution in [3.63, 3.8) is 0 Å². The second kappa shape index (κ2) is 8.43. The maximum Gasteiger partial charge on any atom is 0.281 e. The molecule has 1 amide bonds. The molecule has 0 saturated carbocycles. The first kappa shape index (κ1) is 18.5. The minimum atomic E-state index is -1.83. The highest BCUT2D eigenvalue weighted by molar-refractivity contribution is 6.01. The van der Waals surface area contributed by atoms with Gasteiger partial charge in [-0.25, -0.2) is 5.43 Å². The summed E-state index contributed by atoms with van der Waals surface area (Å²) in [6.07, 6.45) is 0.652. The largest absolute Gasteiger partial charge is 0.372 e. The summed E-state index contributed by atoms with van der Waals surface area (Å²) in [6.45, 7) is 1.97. The normalized spacial score (nSPS) is 11.9. The maximum absolute atomic E-state index is 13.0. The Kier molecular flexibility index (Phi) is 5.79. The molecule has 136 valence electrons. The number of nitrogens with one attached hydrogen (secondary N) is 1. The second-order valence-corrected chi connectivity index (χ2v) is 6.16. The molecule has 0 aliphatic heterocycles. The lowest BCUT2D eigenvalue weighted by atomic mass is 9.85. The fraction of sp³-hybridized carbons (Fsp3) is 0.130. The number of rotatable bonds is 6. The summed E-state index contributed by atoms with van der Waals surface area (Å²) in [6, 6.07) is 27.4. The second-order valence-electron chi connectivity index (χ2n) is 6.16. The summed E-state index contributed by atoms with van der Waals surface area (Å²) >= 11 is 0. The predicted octanol–water partition coefficient (Wildman–Crippen LogP) is 3.85. The van der Waals surface area contributed by atoms with Crippen LogP contribution in [0, 0.1) is 0 Å². The number of benzene rings is 3. The summed E-state index contributed by atoms with van der Waals surface area (Å²) in [4.78, 5) is 13.0. The van der Waals surface area contributed by atoms with E-state index in [1.807, 2.05) is 49.4 Å². The quantitative estimate of drug-likeness (QED) is 0.519. The van der Waals surface area contributed by atoms with Crippen LogP contribution in [0.15, 0.2) is 96.1 Å². The highest BCUT2D eigenvalue weighted by Crippen LogP contribution is 2.29. The van der Waals surface area contributed by atoms with E-state index >= 15 is 0 Å². The monoisotopic (exact) mass is 358 g/mol. The average molecular weight is 358 g/mol. The van der Waals surface area contributed by atoms with Gasteiger partial charge in [0, 0.05) is 0 Å². The molecule has 0 aromatic heterocycles. The number of hydrogen-bond donors (Lipinski definition) is 2. The van der Waals surface area contributed by atoms with Crippen molar-refractivity contribution in [1.29, 1.82) is 0 Å². The van der Waals surface area contributed by atoms with Crippen LogP contribution in [-0.2, 0) is 10.4 Å². The number of amides is 1. The zero-order valence-electron chi connectivity index (χ0n) is 15.2. The van der Waals surface area contributed by atoms with E-state index in [2.05, 4.69) is 10.5 Å². The van der Waals surface area contributed by atoms with Crippen molar-refractivity contribution >= 4 is 11.6 Å². The molecule has 2 N–H and O–H groups in total. The Balaban J connectivity index is 1.96. The molecule has 3 aromatic rings. The molecule has 0 spiro atoms. The Morgan fingerprint density at radius 3 is 1.74 bits per heavy atom. The Labute approximate surface area is 159 Å². The molecule has 0 aliphatic carbocycles. The van der Waals surface area contributed by atoms with Gasteiger partial charge in [-0.2, -0.15) is 5.10 Å². The zero-order valence-corrected chi connectivity index (χ0v) is 15.2. The molecule has 0 bridgehead atoms. The molecule has 0 aliphatic rings. The van der Waals surface area contributed by atoms with Gasteiger partial charge < -0.3 is 5.11 Å². The van der Waals surface area contributed by atoms with Gasteiger partial charge in [0.15, 0.2) is 5.60 Å². The van der Waals surface area contributed by atoms with E-state index < -0.39 is 11.5 Å². The summed E-state index contributed by atoms with van der Waals surface area (Å²) < 4.78 is 0. The Morgan fingerprint density at radius 2 is 1.30 bits per heavy atom. The number of nitrogens with zero attached hydrogens (tertiary/aromatic N) is 1. The van der Waals surface area contributed by atoms with Crippen LogP contribution in [0.3, 0.4) is 0 Å². The van der Waals surface area contributed by atoms with Gasteiger partial charge in [0.2, 0.25) is 0 Å². The number of hydrogen-bond acceptors (Lipinski definition) is 3. The van der Waals surface area contributed by atoms with Gasteiger partial charge in [0.25, 0.3) is 5.91 Å². The minimum absolute atomic E-state index is 0.488. The van der Waals surface area contributed by atoms with Crippen LogP contribution in [0.25, 0.3) is 0 Å². The number of hydrazone groups is 1. The Morgan fingerprint density at radius 1 is 0.852 bits per heavy atom. The Hall–Kier alpha value is -3.24. The maximum atomic E-state index is 13.0. The van der Waals surface area contributed by atoms with Crippen molar-refractivity contribution in [1.82, 2.24) is 5.43 Å². The molecule has 0 atom stereocenters. The van der Waals surface area contributed by atoms with Gasteiger partial charge in [-0.05, 0) is 23.1 Å². The van der Waals surface area contributed by atoms with Gasteiger partial charge >= 0.3 is 0 Å². The summed E-state index contributed by atoms with van der Waals surface area (Å²) in [5.41, 5.74) is 3.39. The van der Waals surface area contributed by atoms with E-state index in [0.717, 1.165) is 11.3 Å². The van der Waals surface area contributed by atoms with Crippen molar-refractivity contribution in [3.8, 4) is 0 Å². The molecule has 0 radical (unpaired) electrons. The average Bonchev–Trinajstić information content (AvgIpc) is 2.75. The van der Waals surface area contributed by atoms with Gasteiger partial charge in [0.05, 0.1) is 5.71 Å². The van der Waals surface area contributed by atoms with E-state index in [1.165, 1.54) is 0 Å². The third-order valence-electron chi connectivity index (χ3n) is 4.45. The van der Waals surface area contributed by atoms with Crippen LogP contribution < -0.4 is 5.43 Å². The molecule has 3 rings (SSSR count). The lowest BCUT2D eigenvalue weighted by molar-refractivity contribution is -0.136. The van der Waals surface area contributed by atoms with E-state index in [4.69, 9.17) is 0 Å². The highest BCUT2D eigenvalue weighted by Gasteiger charge is 2.39. The van der Waals surface area contributed by atoms with E-state index in [-0.39, 0.29) is 0 Å². The molecular formula is C23H22N2O2. The first-order chi connectivity index (χ1) is 13.2. The molecule has 0 saturated heterocycles. The van der Waals surface area contributed by atoms with Gasteiger partial charge in [-0.1, -0.05) is 97.9 Å². The number of aliphatic hydroxyl groups is 1. The molecule has 4 heteroatoms. The fourth-order valence-corrected chi connectivity index (χ4v) is 2.96. The van der Waals surface area contributed by atoms with Crippen molar-refractivity contribution in [2.75, 3.05) is 0 Å². The van der Waals surface area contributed by atoms with Gasteiger partial charge in [0.1, 0.15) is 0 Å². The van der Waals surface area contributed by atoms with Crippen LogP contribution in [0.1, 0.15) is 30.0 Å². The molecule has 0 heterocycles. The summed E-state index contributed by atoms with van der Waals surface area (Å²) in [5, 5.41) is 15.7. The van der Waals surface area contributed by atoms with Crippen molar-refractivity contribution in [2.24, 2.45) is 5.10 Å². The molecule has 3 aromatic carbocycles. The Bertz CT molecular complexity index is 867. The van der Waals surface area contributed by atoms with Gasteiger partial charge in [-0.15, -0.1) is 0 Å². The first-order valence-corrected chi connectivity index (χ1v) is 8.92. The number of carbonyl (C=O) groups is 1. The lowest BCUT2D eigenvalue weighted by Crippen LogP contribution is -2.44. The van der Waals surface area contributed by atoms with Crippen LogP contribution in [0.5, 0.6) is 0 Å². The molecule has 27 heavy (non-hydrogen) atoms. The van der Waals surface area contributed by atoms with E-state index in [1.54, 1.807) is 48.5 Å². The fourth-order valence-electron chi connectivity index (χ4n) is 2.96. The van der Waals surface area contributed by atoms with Crippen molar-refractivity contribution in [3.05, 3.63) is 108 Å². The number of carbonyl (C=O) groups excluding carboxylic acids is 1. The SMILES string of the molecule is CC/C(=N\NC(=O)C(O)(c1ccccc1)c1ccccc1)c1ccccc1. The van der Waals surface area contributed by atoms with Crippen molar-refractivity contribution < 1.29 is 9.90 Å². The summed E-state index contributed by atoms with van der Waals surface area (Å²) in [5.74, 6) is -0.596. The molecule has 4 nitrogen and oxygen atoms in total. The van der Waals surface area contributed by atoms with Gasteiger partial charge in [-0.3, -0.25) is 4.79 Å². The van der Waals surface area contributed by atoms with E-state index in [9.17, 15) is 9.90 Å². The standard InChI is InChI=1S/C23H22N2O2/c1-2-21(18-12-6-3-7-13-18)24-25-22(26)23(27,19-14-8-4-9-15-19)20-16-10-5-11-17-20/h3-17,27H,2H2,1H3,(H,25,26)/b24-21+. The van der Waals surface area contributed by atoms with Crippen LogP contribution in [0.4, 0.5) is 0 Å². The predicted molar refractivity (Wildman–Crippen MR) is 107 cm³/mol. The molecular weight excluding hydrogens is 336 g/mol. The third kappa shape index (κ3) is 3.96. The zero-order chi connectivity index (χ0) is 19.1. The molecule has 0 fully saturated rings. The summed E-state index contributed by atoms with van der Waals surface area (Å²) in [7, 11) is 0. The third-order valence-corrected chi connectivity index (χ3v) is 4.45. The van der Waals surface area contributed by atoms with Crippen LogP contribution in [0.2, 0.25) is 0 Å². The smallest absolute Gasteiger partial charge is 0.281 e. The lowest BCUT2D eigenvalue weighted by Gasteiger charge is -2.27. The van der Waals surface area contributed by atoms with Crippen LogP contribution in [-0.4, -0.2) is 16.7 Å². The topological polar surface area (TPSA) is 61.7 Å². The first-order valence-electron chi connectivity index (χ1n) is 8.92. The van der Waals surface area contributed by atoms with E-state index in [0.29, 0.717) is 17.5 Å². The minimum Gasteiger partial charge on any atom is -0.372 e. The molecule has 0 unspecified atom stereocenters. The highest BCUT2D eigenvalue weighted by atomic mass is 16.3. The van der Waals surface area contributed by atoms with Crippen molar-refractivity contribution in [2.45, 2.75) is 18.9 Å².